The lowest BCUT2D eigenvalue weighted by atomic mass is 9.97. The Balaban J connectivity index is 4.04. The first-order valence-electron chi connectivity index (χ1n) is 4.10. The van der Waals surface area contributed by atoms with Gasteiger partial charge >= 0.3 is 5.97 Å². The molecule has 1 N–H and O–H groups in total. The fourth-order valence-electron chi connectivity index (χ4n) is 1.09. The Hall–Kier alpha value is -0.500. The molecule has 0 heterocycles. The highest BCUT2D eigenvalue weighted by Gasteiger charge is 2.15. The van der Waals surface area contributed by atoms with E-state index in [0.29, 0.717) is 6.42 Å². The van der Waals surface area contributed by atoms with Crippen molar-refractivity contribution >= 4 is 17.6 Å². The zero-order valence-electron chi connectivity index (χ0n) is 7.51. The molecule has 0 aromatic carbocycles. The van der Waals surface area contributed by atoms with Crippen molar-refractivity contribution in [1.82, 2.24) is 0 Å². The zero-order valence-corrected chi connectivity index (χ0v) is 8.27. The minimum absolute atomic E-state index is 0.273. The normalized spacial score (nSPS) is 14.4. The van der Waals surface area contributed by atoms with E-state index >= 15 is 0 Å². The Morgan fingerprint density at radius 2 is 2.25 bits per heavy atom. The van der Waals surface area contributed by atoms with Crippen molar-refractivity contribution in [2.75, 3.05) is 0 Å². The second kappa shape index (κ2) is 6.06. The van der Waals surface area contributed by atoms with Crippen LogP contribution in [0.25, 0.3) is 0 Å². The monoisotopic (exact) mass is 190 g/mol. The summed E-state index contributed by atoms with van der Waals surface area (Å²) in [6.07, 6.45) is 2.18. The van der Waals surface area contributed by atoms with Crippen molar-refractivity contribution in [2.45, 2.75) is 33.1 Å². The molecule has 0 saturated heterocycles. The number of carboxylic acids is 1. The lowest BCUT2D eigenvalue weighted by Gasteiger charge is -2.10. The first-order valence-corrected chi connectivity index (χ1v) is 4.54. The predicted molar refractivity (Wildman–Crippen MR) is 50.3 cm³/mol. The summed E-state index contributed by atoms with van der Waals surface area (Å²) in [5.41, 5.74) is 2.38. The largest absolute Gasteiger partial charge is 0.481 e. The zero-order chi connectivity index (χ0) is 9.56. The minimum Gasteiger partial charge on any atom is -0.481 e. The van der Waals surface area contributed by atoms with Crippen LogP contribution in [-0.4, -0.2) is 11.1 Å². The molecule has 12 heavy (non-hydrogen) atoms. The van der Waals surface area contributed by atoms with E-state index in [1.54, 1.807) is 0 Å². The topological polar surface area (TPSA) is 37.3 Å². The number of rotatable bonds is 5. The van der Waals surface area contributed by atoms with Crippen LogP contribution in [0.15, 0.2) is 11.1 Å². The third-order valence-electron chi connectivity index (χ3n) is 1.74. The van der Waals surface area contributed by atoms with Crippen LogP contribution < -0.4 is 0 Å². The highest BCUT2D eigenvalue weighted by atomic mass is 35.5. The summed E-state index contributed by atoms with van der Waals surface area (Å²) < 4.78 is 0. The fraction of sp³-hybridized carbons (Fsp3) is 0.667. The molecule has 1 atom stereocenters. The summed E-state index contributed by atoms with van der Waals surface area (Å²) in [7, 11) is 0. The highest BCUT2D eigenvalue weighted by Crippen LogP contribution is 2.17. The molecule has 0 aromatic heterocycles. The van der Waals surface area contributed by atoms with Gasteiger partial charge in [-0.3, -0.25) is 4.79 Å². The van der Waals surface area contributed by atoms with Crippen molar-refractivity contribution in [1.29, 1.82) is 0 Å². The van der Waals surface area contributed by atoms with Crippen LogP contribution in [0.3, 0.4) is 0 Å². The average molecular weight is 191 g/mol. The maximum atomic E-state index is 10.7. The Morgan fingerprint density at radius 1 is 1.67 bits per heavy atom. The molecule has 3 heteroatoms. The molecule has 0 bridgehead atoms. The molecule has 0 spiro atoms. The number of hydrogen-bond acceptors (Lipinski definition) is 1. The molecule has 0 saturated carbocycles. The quantitative estimate of drug-likeness (QED) is 0.724. The Morgan fingerprint density at radius 3 is 2.58 bits per heavy atom. The minimum atomic E-state index is -0.727. The Kier molecular flexibility index (Phi) is 5.81. The third kappa shape index (κ3) is 4.39. The molecule has 0 rings (SSSR count). The number of hydrogen-bond donors (Lipinski definition) is 1. The number of carboxylic acid groups (broad SMARTS) is 1. The van der Waals surface area contributed by atoms with Gasteiger partial charge in [0.05, 0.1) is 5.92 Å². The Labute approximate surface area is 78.2 Å². The van der Waals surface area contributed by atoms with Gasteiger partial charge in [0, 0.05) is 5.54 Å². The lowest BCUT2D eigenvalue weighted by Crippen LogP contribution is -2.13. The second-order valence-corrected chi connectivity index (χ2v) is 3.20. The molecule has 0 radical (unpaired) electrons. The van der Waals surface area contributed by atoms with Crippen LogP contribution in [0.5, 0.6) is 0 Å². The summed E-state index contributed by atoms with van der Waals surface area (Å²) >= 11 is 5.45. The van der Waals surface area contributed by atoms with Crippen LogP contribution in [0.1, 0.15) is 33.1 Å². The SMILES string of the molecule is CCCC(CC(C)=CCl)C(=O)O. The van der Waals surface area contributed by atoms with E-state index < -0.39 is 5.97 Å². The van der Waals surface area contributed by atoms with Gasteiger partial charge in [0.25, 0.3) is 0 Å². The standard InChI is InChI=1S/C9H15ClO2/c1-3-4-8(9(11)12)5-7(2)6-10/h6,8H,3-5H2,1-2H3,(H,11,12). The predicted octanol–water partition coefficient (Wildman–Crippen LogP) is 3.02. The molecule has 0 aliphatic carbocycles. The van der Waals surface area contributed by atoms with Gasteiger partial charge in [-0.05, 0) is 19.8 Å². The molecular weight excluding hydrogens is 176 g/mol. The molecule has 0 aliphatic rings. The number of halogens is 1. The van der Waals surface area contributed by atoms with Crippen LogP contribution in [0, 0.1) is 5.92 Å². The van der Waals surface area contributed by atoms with Gasteiger partial charge in [0.15, 0.2) is 0 Å². The summed E-state index contributed by atoms with van der Waals surface area (Å²) in [6.45, 7) is 3.83. The van der Waals surface area contributed by atoms with E-state index in [0.717, 1.165) is 18.4 Å². The summed E-state index contributed by atoms with van der Waals surface area (Å²) in [4.78, 5) is 10.7. The number of carbonyl (C=O) groups is 1. The van der Waals surface area contributed by atoms with Gasteiger partial charge in [-0.15, -0.1) is 0 Å². The van der Waals surface area contributed by atoms with E-state index in [1.165, 1.54) is 5.54 Å². The van der Waals surface area contributed by atoms with Gasteiger partial charge < -0.3 is 5.11 Å². The van der Waals surface area contributed by atoms with Crippen molar-refractivity contribution in [3.8, 4) is 0 Å². The molecular formula is C9H15ClO2. The first-order chi connectivity index (χ1) is 5.61. The average Bonchev–Trinajstić information content (AvgIpc) is 2.03. The van der Waals surface area contributed by atoms with Crippen LogP contribution in [-0.2, 0) is 4.79 Å². The third-order valence-corrected chi connectivity index (χ3v) is 2.11. The van der Waals surface area contributed by atoms with Gasteiger partial charge in [0.2, 0.25) is 0 Å². The fourth-order valence-corrected chi connectivity index (χ4v) is 1.18. The maximum Gasteiger partial charge on any atom is 0.306 e. The van der Waals surface area contributed by atoms with Gasteiger partial charge in [-0.2, -0.15) is 0 Å². The van der Waals surface area contributed by atoms with Gasteiger partial charge in [-0.25, -0.2) is 0 Å². The molecule has 0 aliphatic heterocycles. The van der Waals surface area contributed by atoms with Crippen LogP contribution in [0.2, 0.25) is 0 Å². The second-order valence-electron chi connectivity index (χ2n) is 2.98. The molecule has 1 unspecified atom stereocenters. The van der Waals surface area contributed by atoms with Crippen molar-refractivity contribution < 1.29 is 9.90 Å². The van der Waals surface area contributed by atoms with Crippen LogP contribution in [0.4, 0.5) is 0 Å². The van der Waals surface area contributed by atoms with Crippen LogP contribution >= 0.6 is 11.6 Å². The summed E-state index contributed by atoms with van der Waals surface area (Å²) in [5, 5.41) is 8.78. The molecule has 0 fully saturated rings. The highest BCUT2D eigenvalue weighted by molar-refractivity contribution is 6.25. The molecule has 70 valence electrons. The number of aliphatic carboxylic acids is 1. The van der Waals surface area contributed by atoms with E-state index in [4.69, 9.17) is 16.7 Å². The number of allylic oxidation sites excluding steroid dienone is 1. The molecule has 0 aromatic rings. The van der Waals surface area contributed by atoms with Crippen molar-refractivity contribution in [2.24, 2.45) is 5.92 Å². The summed E-state index contributed by atoms with van der Waals surface area (Å²) in [5.74, 6) is -1.00. The Bertz CT molecular complexity index is 175. The van der Waals surface area contributed by atoms with Crippen molar-refractivity contribution in [3.63, 3.8) is 0 Å². The van der Waals surface area contributed by atoms with E-state index in [-0.39, 0.29) is 5.92 Å². The smallest absolute Gasteiger partial charge is 0.306 e. The first kappa shape index (κ1) is 11.5. The summed E-state index contributed by atoms with van der Waals surface area (Å²) in [6, 6.07) is 0. The lowest BCUT2D eigenvalue weighted by molar-refractivity contribution is -0.141. The van der Waals surface area contributed by atoms with E-state index in [2.05, 4.69) is 0 Å². The molecule has 0 amide bonds. The van der Waals surface area contributed by atoms with Crippen molar-refractivity contribution in [3.05, 3.63) is 11.1 Å². The van der Waals surface area contributed by atoms with Gasteiger partial charge in [-0.1, -0.05) is 30.5 Å². The van der Waals surface area contributed by atoms with Gasteiger partial charge in [0.1, 0.15) is 0 Å². The molecule has 2 nitrogen and oxygen atoms in total. The maximum absolute atomic E-state index is 10.7. The van der Waals surface area contributed by atoms with E-state index in [1.807, 2.05) is 13.8 Å². The van der Waals surface area contributed by atoms with E-state index in [9.17, 15) is 4.79 Å².